The molecular formula is C16H14F3N3. The summed E-state index contributed by atoms with van der Waals surface area (Å²) in [6, 6.07) is 8.78. The van der Waals surface area contributed by atoms with E-state index in [2.05, 4.69) is 15.3 Å². The molecule has 114 valence electrons. The number of aromatic nitrogens is 1. The summed E-state index contributed by atoms with van der Waals surface area (Å²) in [6.07, 6.45) is 0.388. The second-order valence-corrected chi connectivity index (χ2v) is 5.19. The average molecular weight is 305 g/mol. The van der Waals surface area contributed by atoms with Gasteiger partial charge >= 0.3 is 0 Å². The molecule has 22 heavy (non-hydrogen) atoms. The number of nitrogens with one attached hydrogen (secondary N) is 1. The number of benzene rings is 1. The number of hydrogen-bond donors (Lipinski definition) is 1. The van der Waals surface area contributed by atoms with Gasteiger partial charge in [0.15, 0.2) is 0 Å². The van der Waals surface area contributed by atoms with Crippen LogP contribution < -0.4 is 5.32 Å². The lowest BCUT2D eigenvalue weighted by Crippen LogP contribution is -2.45. The van der Waals surface area contributed by atoms with Crippen LogP contribution in [0.15, 0.2) is 47.6 Å². The Morgan fingerprint density at radius 3 is 2.27 bits per heavy atom. The van der Waals surface area contributed by atoms with Gasteiger partial charge in [-0.1, -0.05) is 18.2 Å². The highest BCUT2D eigenvalue weighted by Gasteiger charge is 2.42. The monoisotopic (exact) mass is 305 g/mol. The quantitative estimate of drug-likeness (QED) is 0.943. The summed E-state index contributed by atoms with van der Waals surface area (Å²) in [7, 11) is 0. The number of rotatable bonds is 3. The van der Waals surface area contributed by atoms with Crippen molar-refractivity contribution in [3.05, 3.63) is 65.2 Å². The maximum Gasteiger partial charge on any atom is 0.280 e. The highest BCUT2D eigenvalue weighted by molar-refractivity contribution is 5.64. The summed E-state index contributed by atoms with van der Waals surface area (Å²) in [6.45, 7) is 1.90. The maximum absolute atomic E-state index is 13.2. The van der Waals surface area contributed by atoms with Crippen molar-refractivity contribution in [2.45, 2.75) is 24.9 Å². The van der Waals surface area contributed by atoms with Crippen molar-refractivity contribution in [1.29, 1.82) is 0 Å². The van der Waals surface area contributed by atoms with Gasteiger partial charge in [0, 0.05) is 11.8 Å². The van der Waals surface area contributed by atoms with Gasteiger partial charge in [0.1, 0.15) is 17.1 Å². The molecular weight excluding hydrogens is 291 g/mol. The Morgan fingerprint density at radius 2 is 1.77 bits per heavy atom. The van der Waals surface area contributed by atoms with E-state index in [1.807, 2.05) is 6.92 Å². The summed E-state index contributed by atoms with van der Waals surface area (Å²) in [4.78, 5) is 8.14. The van der Waals surface area contributed by atoms with Crippen LogP contribution in [-0.2, 0) is 5.54 Å². The molecule has 0 saturated carbocycles. The summed E-state index contributed by atoms with van der Waals surface area (Å²) < 4.78 is 38.5. The van der Waals surface area contributed by atoms with Crippen molar-refractivity contribution < 1.29 is 13.2 Å². The van der Waals surface area contributed by atoms with Gasteiger partial charge in [0.05, 0.1) is 12.4 Å². The van der Waals surface area contributed by atoms with Crippen molar-refractivity contribution in [1.82, 2.24) is 10.3 Å². The zero-order valence-electron chi connectivity index (χ0n) is 11.8. The van der Waals surface area contributed by atoms with E-state index in [1.54, 1.807) is 24.5 Å². The van der Waals surface area contributed by atoms with Crippen LogP contribution >= 0.6 is 0 Å². The van der Waals surface area contributed by atoms with E-state index in [0.29, 0.717) is 5.56 Å². The van der Waals surface area contributed by atoms with E-state index in [9.17, 15) is 13.2 Å². The minimum Gasteiger partial charge on any atom is -0.361 e. The first-order valence-electron chi connectivity index (χ1n) is 6.84. The van der Waals surface area contributed by atoms with Crippen LogP contribution in [0.25, 0.3) is 0 Å². The highest BCUT2D eigenvalue weighted by atomic mass is 19.3. The van der Waals surface area contributed by atoms with Gasteiger partial charge in [-0.05, 0) is 30.7 Å². The smallest absolute Gasteiger partial charge is 0.280 e. The standard InChI is InChI=1S/C16H14F3N3/c1-10-16(22-9-21-10,11-2-5-13(17)6-3-11)12-4-7-14(15(18)19)20-8-12/h2-10,15H,1H3,(H,21,22)/t10-,16?/m0/s1. The van der Waals surface area contributed by atoms with E-state index in [0.717, 1.165) is 5.56 Å². The van der Waals surface area contributed by atoms with Gasteiger partial charge in [-0.2, -0.15) is 0 Å². The molecule has 1 aliphatic heterocycles. The predicted octanol–water partition coefficient (Wildman–Crippen LogP) is 3.42. The largest absolute Gasteiger partial charge is 0.361 e. The number of pyridine rings is 1. The third kappa shape index (κ3) is 2.24. The zero-order valence-corrected chi connectivity index (χ0v) is 11.8. The molecule has 2 atom stereocenters. The van der Waals surface area contributed by atoms with Crippen LogP contribution in [-0.4, -0.2) is 17.4 Å². The first kappa shape index (κ1) is 14.6. The molecule has 0 bridgehead atoms. The Hall–Kier alpha value is -2.37. The minimum absolute atomic E-state index is 0.183. The fourth-order valence-corrected chi connectivity index (χ4v) is 2.78. The molecule has 3 nitrogen and oxygen atoms in total. The van der Waals surface area contributed by atoms with E-state index < -0.39 is 12.0 Å². The van der Waals surface area contributed by atoms with Gasteiger partial charge < -0.3 is 5.32 Å². The Bertz CT molecular complexity index is 683. The summed E-state index contributed by atoms with van der Waals surface area (Å²) in [5.41, 5.74) is 0.491. The summed E-state index contributed by atoms with van der Waals surface area (Å²) >= 11 is 0. The Kier molecular flexibility index (Phi) is 3.60. The first-order chi connectivity index (χ1) is 10.5. The van der Waals surface area contributed by atoms with Gasteiger partial charge in [-0.3, -0.25) is 9.98 Å². The molecule has 6 heteroatoms. The van der Waals surface area contributed by atoms with Crippen molar-refractivity contribution >= 4 is 6.34 Å². The SMILES string of the molecule is C[C@@H]1N=CNC1(c1ccc(F)cc1)c1ccc(C(F)F)nc1. The highest BCUT2D eigenvalue weighted by Crippen LogP contribution is 2.37. The molecule has 1 aliphatic rings. The number of hydrogen-bond acceptors (Lipinski definition) is 3. The number of aliphatic imine (C=N–C) groups is 1. The Morgan fingerprint density at radius 1 is 1.09 bits per heavy atom. The molecule has 0 radical (unpaired) electrons. The predicted molar refractivity (Wildman–Crippen MR) is 77.5 cm³/mol. The van der Waals surface area contributed by atoms with Crippen LogP contribution in [0, 0.1) is 5.82 Å². The molecule has 0 fully saturated rings. The van der Waals surface area contributed by atoms with Crippen molar-refractivity contribution in [3.8, 4) is 0 Å². The van der Waals surface area contributed by atoms with E-state index in [-0.39, 0.29) is 17.6 Å². The fraction of sp³-hybridized carbons (Fsp3) is 0.250. The first-order valence-corrected chi connectivity index (χ1v) is 6.84. The normalized spacial score (nSPS) is 23.8. The van der Waals surface area contributed by atoms with Gasteiger partial charge in [-0.25, -0.2) is 13.2 Å². The molecule has 1 aromatic carbocycles. The molecule has 0 spiro atoms. The summed E-state index contributed by atoms with van der Waals surface area (Å²) in [5, 5.41) is 3.18. The molecule has 1 N–H and O–H groups in total. The van der Waals surface area contributed by atoms with Crippen LogP contribution in [0.5, 0.6) is 0 Å². The maximum atomic E-state index is 13.2. The second kappa shape index (κ2) is 5.44. The number of alkyl halides is 2. The lowest BCUT2D eigenvalue weighted by molar-refractivity contribution is 0.146. The Labute approximate surface area is 125 Å². The zero-order chi connectivity index (χ0) is 15.7. The Balaban J connectivity index is 2.09. The molecule has 0 aliphatic carbocycles. The van der Waals surface area contributed by atoms with Gasteiger partial charge in [0.25, 0.3) is 6.43 Å². The van der Waals surface area contributed by atoms with E-state index in [4.69, 9.17) is 0 Å². The molecule has 2 heterocycles. The van der Waals surface area contributed by atoms with E-state index >= 15 is 0 Å². The summed E-state index contributed by atoms with van der Waals surface area (Å²) in [5.74, 6) is -0.336. The molecule has 0 amide bonds. The molecule has 1 unspecified atom stereocenters. The molecule has 3 rings (SSSR count). The lowest BCUT2D eigenvalue weighted by Gasteiger charge is -2.34. The van der Waals surface area contributed by atoms with E-state index in [1.165, 1.54) is 24.4 Å². The van der Waals surface area contributed by atoms with Crippen LogP contribution in [0.1, 0.15) is 30.2 Å². The number of nitrogens with zero attached hydrogens (tertiary/aromatic N) is 2. The van der Waals surface area contributed by atoms with Crippen LogP contribution in [0.3, 0.4) is 0 Å². The topological polar surface area (TPSA) is 37.3 Å². The fourth-order valence-electron chi connectivity index (χ4n) is 2.78. The molecule has 2 aromatic rings. The second-order valence-electron chi connectivity index (χ2n) is 5.19. The van der Waals surface area contributed by atoms with Crippen LogP contribution in [0.2, 0.25) is 0 Å². The van der Waals surface area contributed by atoms with Crippen molar-refractivity contribution in [2.24, 2.45) is 4.99 Å². The van der Waals surface area contributed by atoms with Crippen molar-refractivity contribution in [3.63, 3.8) is 0 Å². The lowest BCUT2D eigenvalue weighted by atomic mass is 9.79. The van der Waals surface area contributed by atoms with Crippen molar-refractivity contribution in [2.75, 3.05) is 0 Å². The van der Waals surface area contributed by atoms with Crippen LogP contribution in [0.4, 0.5) is 13.2 Å². The molecule has 1 aromatic heterocycles. The third-order valence-corrected chi connectivity index (χ3v) is 3.98. The third-order valence-electron chi connectivity index (χ3n) is 3.98. The van der Waals surface area contributed by atoms with Gasteiger partial charge in [0.2, 0.25) is 0 Å². The molecule has 0 saturated heterocycles. The van der Waals surface area contributed by atoms with Gasteiger partial charge in [-0.15, -0.1) is 0 Å². The minimum atomic E-state index is -2.61. The number of halogens is 3. The average Bonchev–Trinajstić information content (AvgIpc) is 2.91.